The second kappa shape index (κ2) is 5.18. The van der Waals surface area contributed by atoms with E-state index in [0.29, 0.717) is 17.6 Å². The Balaban J connectivity index is 1.66. The minimum Gasteiger partial charge on any atom is -0.373 e. The van der Waals surface area contributed by atoms with Crippen LogP contribution in [0.4, 0.5) is 0 Å². The molecular weight excluding hydrogens is 258 g/mol. The van der Waals surface area contributed by atoms with Crippen LogP contribution in [0.2, 0.25) is 0 Å². The van der Waals surface area contributed by atoms with Crippen molar-refractivity contribution in [3.05, 3.63) is 22.2 Å². The Morgan fingerprint density at radius 2 is 2.25 bits per heavy atom. The summed E-state index contributed by atoms with van der Waals surface area (Å²) in [5.74, 6) is 1.25. The number of carbonyl (C=O) groups excluding carboxylic acids is 1. The summed E-state index contributed by atoms with van der Waals surface area (Å²) in [6.07, 6.45) is 3.46. The Kier molecular flexibility index (Phi) is 3.52. The minimum absolute atomic E-state index is 0.229. The summed E-state index contributed by atoms with van der Waals surface area (Å²) < 4.78 is 5.99. The van der Waals surface area contributed by atoms with Gasteiger partial charge in [-0.3, -0.25) is 14.5 Å². The van der Waals surface area contributed by atoms with Crippen LogP contribution in [0, 0.1) is 18.8 Å². The van der Waals surface area contributed by atoms with Crippen LogP contribution in [-0.4, -0.2) is 41.2 Å². The van der Waals surface area contributed by atoms with Gasteiger partial charge in [0.15, 0.2) is 0 Å². The summed E-state index contributed by atoms with van der Waals surface area (Å²) in [7, 11) is 0. The van der Waals surface area contributed by atoms with Gasteiger partial charge >= 0.3 is 0 Å². The molecule has 0 radical (unpaired) electrons. The highest BCUT2D eigenvalue weighted by atomic mass is 16.5. The van der Waals surface area contributed by atoms with Gasteiger partial charge in [0.05, 0.1) is 6.54 Å². The standard InChI is InChI=1S/C14H21N3O3/c1-9-5-13(18)17(20-9)14(19)8-16-6-10-3-2-4-12(15)11(10)7-16/h5,10-12H,2-4,6-8,15H2,1H3. The average Bonchev–Trinajstić information content (AvgIpc) is 2.93. The van der Waals surface area contributed by atoms with Gasteiger partial charge in [0, 0.05) is 25.2 Å². The Hall–Kier alpha value is -1.40. The Morgan fingerprint density at radius 3 is 2.90 bits per heavy atom. The molecule has 1 aliphatic carbocycles. The van der Waals surface area contributed by atoms with Gasteiger partial charge in [0.1, 0.15) is 5.76 Å². The fraction of sp³-hybridized carbons (Fsp3) is 0.714. The topological polar surface area (TPSA) is 81.5 Å². The largest absolute Gasteiger partial charge is 0.373 e. The number of likely N-dealkylation sites (tertiary alicyclic amines) is 1. The first-order chi connectivity index (χ1) is 9.54. The number of nitrogens with two attached hydrogens (primary N) is 1. The van der Waals surface area contributed by atoms with Crippen LogP contribution >= 0.6 is 0 Å². The van der Waals surface area contributed by atoms with Crippen molar-refractivity contribution in [3.8, 4) is 0 Å². The maximum Gasteiger partial charge on any atom is 0.290 e. The van der Waals surface area contributed by atoms with E-state index in [1.165, 1.54) is 18.9 Å². The summed E-state index contributed by atoms with van der Waals surface area (Å²) in [6.45, 7) is 3.64. The predicted octanol–water partition coefficient (Wildman–Crippen LogP) is 0.449. The molecule has 2 aliphatic rings. The molecule has 6 nitrogen and oxygen atoms in total. The zero-order chi connectivity index (χ0) is 14.3. The fourth-order valence-electron chi connectivity index (χ4n) is 3.62. The number of nitrogens with zero attached hydrogens (tertiary/aromatic N) is 2. The van der Waals surface area contributed by atoms with E-state index in [4.69, 9.17) is 10.3 Å². The lowest BCUT2D eigenvalue weighted by atomic mass is 9.78. The van der Waals surface area contributed by atoms with Crippen molar-refractivity contribution in [1.82, 2.24) is 9.64 Å². The molecule has 2 fully saturated rings. The lowest BCUT2D eigenvalue weighted by Gasteiger charge is -2.29. The monoisotopic (exact) mass is 279 g/mol. The van der Waals surface area contributed by atoms with Gasteiger partial charge in [-0.1, -0.05) is 6.42 Å². The zero-order valence-corrected chi connectivity index (χ0v) is 11.7. The molecule has 110 valence electrons. The molecule has 0 bridgehead atoms. The third-order valence-corrected chi connectivity index (χ3v) is 4.58. The number of aryl methyl sites for hydroxylation is 1. The summed E-state index contributed by atoms with van der Waals surface area (Å²) in [5.41, 5.74) is 5.78. The highest BCUT2D eigenvalue weighted by Gasteiger charge is 2.39. The SMILES string of the molecule is Cc1cc(=O)n(C(=O)CN2CC3CCCC(N)C3C2)o1. The van der Waals surface area contributed by atoms with Crippen LogP contribution in [0.15, 0.2) is 15.4 Å². The van der Waals surface area contributed by atoms with Crippen molar-refractivity contribution in [2.75, 3.05) is 19.6 Å². The summed E-state index contributed by atoms with van der Waals surface area (Å²) in [5, 5.41) is 0. The fourth-order valence-corrected chi connectivity index (χ4v) is 3.62. The number of aromatic nitrogens is 1. The molecule has 1 saturated heterocycles. The Labute approximate surface area is 117 Å². The first-order valence-corrected chi connectivity index (χ1v) is 7.25. The van der Waals surface area contributed by atoms with Gasteiger partial charge in [-0.25, -0.2) is 0 Å². The van der Waals surface area contributed by atoms with Crippen molar-refractivity contribution >= 4 is 5.91 Å². The molecule has 3 atom stereocenters. The number of carbonyl (C=O) groups is 1. The second-order valence-corrected chi connectivity index (χ2v) is 6.09. The van der Waals surface area contributed by atoms with Gasteiger partial charge < -0.3 is 10.3 Å². The van der Waals surface area contributed by atoms with E-state index in [1.54, 1.807) is 6.92 Å². The smallest absolute Gasteiger partial charge is 0.290 e. The van der Waals surface area contributed by atoms with Crippen LogP contribution < -0.4 is 11.3 Å². The molecule has 20 heavy (non-hydrogen) atoms. The van der Waals surface area contributed by atoms with Crippen molar-refractivity contribution in [1.29, 1.82) is 0 Å². The number of fused-ring (bicyclic) bond motifs is 1. The second-order valence-electron chi connectivity index (χ2n) is 6.09. The molecule has 3 unspecified atom stereocenters. The maximum atomic E-state index is 12.1. The van der Waals surface area contributed by atoms with Crippen LogP contribution in [-0.2, 0) is 0 Å². The van der Waals surface area contributed by atoms with Crippen molar-refractivity contribution in [2.24, 2.45) is 17.6 Å². The lowest BCUT2D eigenvalue weighted by Crippen LogP contribution is -2.38. The van der Waals surface area contributed by atoms with Crippen molar-refractivity contribution in [2.45, 2.75) is 32.2 Å². The van der Waals surface area contributed by atoms with Crippen LogP contribution in [0.3, 0.4) is 0 Å². The third-order valence-electron chi connectivity index (χ3n) is 4.58. The molecule has 0 amide bonds. The van der Waals surface area contributed by atoms with Gasteiger partial charge in [-0.05, 0) is 31.6 Å². The quantitative estimate of drug-likeness (QED) is 0.850. The summed E-state index contributed by atoms with van der Waals surface area (Å²) >= 11 is 0. The molecule has 1 aromatic rings. The molecule has 6 heteroatoms. The molecule has 0 spiro atoms. The maximum absolute atomic E-state index is 12.1. The van der Waals surface area contributed by atoms with E-state index in [0.717, 1.165) is 24.3 Å². The van der Waals surface area contributed by atoms with E-state index >= 15 is 0 Å². The van der Waals surface area contributed by atoms with E-state index in [2.05, 4.69) is 4.90 Å². The highest BCUT2D eigenvalue weighted by molar-refractivity contribution is 5.79. The zero-order valence-electron chi connectivity index (χ0n) is 11.7. The molecule has 1 aromatic heterocycles. The average molecular weight is 279 g/mol. The van der Waals surface area contributed by atoms with E-state index in [9.17, 15) is 9.59 Å². The van der Waals surface area contributed by atoms with Crippen LogP contribution in [0.1, 0.15) is 29.8 Å². The molecule has 0 aromatic carbocycles. The first-order valence-electron chi connectivity index (χ1n) is 7.25. The van der Waals surface area contributed by atoms with Crippen LogP contribution in [0.5, 0.6) is 0 Å². The Morgan fingerprint density at radius 1 is 1.45 bits per heavy atom. The van der Waals surface area contributed by atoms with Gasteiger partial charge in [0.2, 0.25) is 0 Å². The number of hydrogen-bond donors (Lipinski definition) is 1. The van der Waals surface area contributed by atoms with Crippen molar-refractivity contribution < 1.29 is 9.32 Å². The molecule has 1 saturated carbocycles. The Bertz CT molecular complexity index is 562. The molecule has 2 heterocycles. The molecular formula is C14H21N3O3. The summed E-state index contributed by atoms with van der Waals surface area (Å²) in [4.78, 5) is 25.8. The first kappa shape index (κ1) is 13.6. The number of hydrogen-bond acceptors (Lipinski definition) is 5. The van der Waals surface area contributed by atoms with Gasteiger partial charge in [-0.2, -0.15) is 0 Å². The predicted molar refractivity (Wildman–Crippen MR) is 73.6 cm³/mol. The minimum atomic E-state index is -0.388. The van der Waals surface area contributed by atoms with Gasteiger partial charge in [-0.15, -0.1) is 4.74 Å². The molecule has 1 aliphatic heterocycles. The van der Waals surface area contributed by atoms with E-state index in [1.807, 2.05) is 0 Å². The highest BCUT2D eigenvalue weighted by Crippen LogP contribution is 2.35. The van der Waals surface area contributed by atoms with Crippen molar-refractivity contribution in [3.63, 3.8) is 0 Å². The normalized spacial score (nSPS) is 30.4. The molecule has 2 N–H and O–H groups in total. The third kappa shape index (κ3) is 2.45. The number of rotatable bonds is 2. The van der Waals surface area contributed by atoms with E-state index in [-0.39, 0.29) is 24.1 Å². The molecule has 3 rings (SSSR count). The van der Waals surface area contributed by atoms with Gasteiger partial charge in [0.25, 0.3) is 11.5 Å². The van der Waals surface area contributed by atoms with E-state index < -0.39 is 0 Å². The summed E-state index contributed by atoms with van der Waals surface area (Å²) in [6, 6.07) is 1.58. The lowest BCUT2D eigenvalue weighted by molar-refractivity contribution is 0.0726. The van der Waals surface area contributed by atoms with Crippen LogP contribution in [0.25, 0.3) is 0 Å².